The molecule has 2 aromatic carbocycles. The van der Waals surface area contributed by atoms with E-state index in [4.69, 9.17) is 23.7 Å². The minimum atomic E-state index is 0.106. The van der Waals surface area contributed by atoms with Crippen LogP contribution >= 0.6 is 0 Å². The first-order valence-corrected chi connectivity index (χ1v) is 13.4. The average Bonchev–Trinajstić information content (AvgIpc) is 3.40. The smallest absolute Gasteiger partial charge is 0.254 e. The predicted octanol–water partition coefficient (Wildman–Crippen LogP) is 4.39. The third kappa shape index (κ3) is 6.06. The molecule has 1 amide bonds. The predicted molar refractivity (Wildman–Crippen MR) is 140 cm³/mol. The molecule has 0 spiro atoms. The summed E-state index contributed by atoms with van der Waals surface area (Å²) in [6, 6.07) is 9.51. The lowest BCUT2D eigenvalue weighted by Gasteiger charge is -2.34. The molecule has 0 N–H and O–H groups in total. The molecule has 1 fully saturated rings. The molecular weight excluding hydrogens is 472 g/mol. The monoisotopic (exact) mass is 510 g/mol. The lowest BCUT2D eigenvalue weighted by molar-refractivity contribution is 0.0729. The van der Waals surface area contributed by atoms with Crippen molar-refractivity contribution < 1.29 is 28.5 Å². The molecule has 1 saturated heterocycles. The Morgan fingerprint density at radius 3 is 2.68 bits per heavy atom. The Morgan fingerprint density at radius 2 is 1.81 bits per heavy atom. The molecule has 3 heterocycles. The minimum Gasteiger partial charge on any atom is -0.493 e. The lowest BCUT2D eigenvalue weighted by atomic mass is 9.92. The number of nitrogens with zero attached hydrogens (tertiary/aromatic N) is 2. The summed E-state index contributed by atoms with van der Waals surface area (Å²) < 4.78 is 27.5. The van der Waals surface area contributed by atoms with E-state index in [0.717, 1.165) is 86.8 Å². The number of methoxy groups -OCH3 is 2. The van der Waals surface area contributed by atoms with Crippen molar-refractivity contribution in [1.82, 2.24) is 9.80 Å². The number of rotatable bonds is 11. The van der Waals surface area contributed by atoms with E-state index < -0.39 is 0 Å². The molecule has 8 heteroatoms. The second kappa shape index (κ2) is 11.9. The van der Waals surface area contributed by atoms with Crippen molar-refractivity contribution in [2.75, 3.05) is 60.3 Å². The zero-order valence-corrected chi connectivity index (χ0v) is 22.0. The van der Waals surface area contributed by atoms with Crippen molar-refractivity contribution in [3.05, 3.63) is 41.5 Å². The summed E-state index contributed by atoms with van der Waals surface area (Å²) >= 11 is 0. The van der Waals surface area contributed by atoms with Crippen molar-refractivity contribution >= 4 is 5.91 Å². The number of hydrogen-bond acceptors (Lipinski definition) is 7. The van der Waals surface area contributed by atoms with E-state index in [2.05, 4.69) is 4.90 Å². The van der Waals surface area contributed by atoms with Gasteiger partial charge >= 0.3 is 0 Å². The Bertz CT molecular complexity index is 1090. The SMILES string of the molecule is COc1cc2c(cc1OC)C(=O)N(CCCC1CCCN(CCCOc3ccc4c(c3)OCO4)C1)CC2. The number of piperidine rings is 1. The first-order chi connectivity index (χ1) is 18.1. The molecule has 2 aromatic rings. The molecule has 0 bridgehead atoms. The number of ether oxygens (including phenoxy) is 5. The van der Waals surface area contributed by atoms with Crippen LogP contribution in [0.5, 0.6) is 28.7 Å². The molecule has 3 aliphatic rings. The first kappa shape index (κ1) is 25.5. The van der Waals surface area contributed by atoms with Gasteiger partial charge < -0.3 is 33.5 Å². The minimum absolute atomic E-state index is 0.106. The summed E-state index contributed by atoms with van der Waals surface area (Å²) in [4.78, 5) is 17.7. The quantitative estimate of drug-likeness (QED) is 0.415. The topological polar surface area (TPSA) is 69.7 Å². The van der Waals surface area contributed by atoms with Crippen molar-refractivity contribution in [3.63, 3.8) is 0 Å². The Hall–Kier alpha value is -3.13. The Labute approximate surface area is 219 Å². The van der Waals surface area contributed by atoms with Gasteiger partial charge in [0.15, 0.2) is 23.0 Å². The van der Waals surface area contributed by atoms with E-state index in [9.17, 15) is 4.79 Å². The summed E-state index contributed by atoms with van der Waals surface area (Å²) in [6.45, 7) is 5.89. The molecule has 1 atom stereocenters. The normalized spacial score (nSPS) is 19.0. The van der Waals surface area contributed by atoms with Crippen LogP contribution in [0.4, 0.5) is 0 Å². The highest BCUT2D eigenvalue weighted by atomic mass is 16.7. The molecule has 0 saturated carbocycles. The number of benzene rings is 2. The van der Waals surface area contributed by atoms with Gasteiger partial charge in [0.1, 0.15) is 5.75 Å². The fourth-order valence-electron chi connectivity index (χ4n) is 5.67. The number of hydrogen-bond donors (Lipinski definition) is 0. The summed E-state index contributed by atoms with van der Waals surface area (Å²) in [5, 5.41) is 0. The number of likely N-dealkylation sites (tertiary alicyclic amines) is 1. The summed E-state index contributed by atoms with van der Waals surface area (Å²) in [6.07, 6.45) is 6.57. The fraction of sp³-hybridized carbons (Fsp3) is 0.552. The molecule has 8 nitrogen and oxygen atoms in total. The van der Waals surface area contributed by atoms with Gasteiger partial charge in [0, 0.05) is 37.8 Å². The largest absolute Gasteiger partial charge is 0.493 e. The standard InChI is InChI=1S/C29H38N2O6/c1-33-26-16-22-10-14-31(29(32)24(22)18-27(26)34-2)13-4-7-21-6-3-11-30(19-21)12-5-15-35-23-8-9-25-28(17-23)37-20-36-25/h8-9,16-18,21H,3-7,10-15,19-20H2,1-2H3. The van der Waals surface area contributed by atoms with E-state index in [0.29, 0.717) is 24.0 Å². The maximum Gasteiger partial charge on any atom is 0.254 e. The third-order valence-corrected chi connectivity index (χ3v) is 7.65. The second-order valence-corrected chi connectivity index (χ2v) is 10.1. The number of amides is 1. The highest BCUT2D eigenvalue weighted by Crippen LogP contribution is 2.35. The molecule has 200 valence electrons. The molecular formula is C29H38N2O6. The molecule has 1 unspecified atom stereocenters. The van der Waals surface area contributed by atoms with Crippen LogP contribution in [-0.2, 0) is 6.42 Å². The van der Waals surface area contributed by atoms with Crippen molar-refractivity contribution in [2.45, 2.75) is 38.5 Å². The van der Waals surface area contributed by atoms with Gasteiger partial charge in [-0.3, -0.25) is 4.79 Å². The number of fused-ring (bicyclic) bond motifs is 2. The average molecular weight is 511 g/mol. The zero-order valence-electron chi connectivity index (χ0n) is 22.0. The Balaban J connectivity index is 1.02. The van der Waals surface area contributed by atoms with Gasteiger partial charge in [0.05, 0.1) is 20.8 Å². The maximum atomic E-state index is 13.1. The summed E-state index contributed by atoms with van der Waals surface area (Å²) in [5.41, 5.74) is 1.79. The summed E-state index contributed by atoms with van der Waals surface area (Å²) in [7, 11) is 3.23. The maximum absolute atomic E-state index is 13.1. The molecule has 0 aromatic heterocycles. The zero-order chi connectivity index (χ0) is 25.6. The van der Waals surface area contributed by atoms with Gasteiger partial charge in [-0.1, -0.05) is 0 Å². The van der Waals surface area contributed by atoms with E-state index in [1.807, 2.05) is 35.2 Å². The second-order valence-electron chi connectivity index (χ2n) is 10.1. The van der Waals surface area contributed by atoms with Crippen LogP contribution in [0.2, 0.25) is 0 Å². The van der Waals surface area contributed by atoms with Crippen LogP contribution in [0.1, 0.15) is 48.0 Å². The lowest BCUT2D eigenvalue weighted by Crippen LogP contribution is -2.39. The van der Waals surface area contributed by atoms with Gasteiger partial charge in [0.2, 0.25) is 6.79 Å². The van der Waals surface area contributed by atoms with Crippen LogP contribution < -0.4 is 23.7 Å². The molecule has 37 heavy (non-hydrogen) atoms. The number of carbonyl (C=O) groups excluding carboxylic acids is 1. The third-order valence-electron chi connectivity index (χ3n) is 7.65. The molecule has 0 aliphatic carbocycles. The molecule has 0 radical (unpaired) electrons. The van der Waals surface area contributed by atoms with Crippen LogP contribution in [-0.4, -0.2) is 76.1 Å². The Kier molecular flexibility index (Phi) is 8.24. The Morgan fingerprint density at radius 1 is 0.973 bits per heavy atom. The molecule has 3 aliphatic heterocycles. The number of carbonyl (C=O) groups is 1. The van der Waals surface area contributed by atoms with E-state index in [-0.39, 0.29) is 12.7 Å². The van der Waals surface area contributed by atoms with Gasteiger partial charge in [0.25, 0.3) is 5.91 Å². The van der Waals surface area contributed by atoms with E-state index >= 15 is 0 Å². The van der Waals surface area contributed by atoms with Crippen molar-refractivity contribution in [1.29, 1.82) is 0 Å². The van der Waals surface area contributed by atoms with Gasteiger partial charge in [-0.2, -0.15) is 0 Å². The van der Waals surface area contributed by atoms with Crippen LogP contribution in [0.25, 0.3) is 0 Å². The van der Waals surface area contributed by atoms with Gasteiger partial charge in [-0.25, -0.2) is 0 Å². The summed E-state index contributed by atoms with van der Waals surface area (Å²) in [5.74, 6) is 4.46. The highest BCUT2D eigenvalue weighted by Gasteiger charge is 2.27. The van der Waals surface area contributed by atoms with Crippen LogP contribution in [0, 0.1) is 5.92 Å². The van der Waals surface area contributed by atoms with Crippen molar-refractivity contribution in [2.24, 2.45) is 5.92 Å². The van der Waals surface area contributed by atoms with Gasteiger partial charge in [-0.15, -0.1) is 0 Å². The fourth-order valence-corrected chi connectivity index (χ4v) is 5.67. The van der Waals surface area contributed by atoms with Crippen molar-refractivity contribution in [3.8, 4) is 28.7 Å². The van der Waals surface area contributed by atoms with Gasteiger partial charge in [-0.05, 0) is 80.8 Å². The van der Waals surface area contributed by atoms with Crippen LogP contribution in [0.15, 0.2) is 30.3 Å². The van der Waals surface area contributed by atoms with E-state index in [1.54, 1.807) is 14.2 Å². The highest BCUT2D eigenvalue weighted by molar-refractivity contribution is 5.97. The van der Waals surface area contributed by atoms with E-state index in [1.165, 1.54) is 12.8 Å². The molecule has 5 rings (SSSR count). The first-order valence-electron chi connectivity index (χ1n) is 13.4. The van der Waals surface area contributed by atoms with Crippen LogP contribution in [0.3, 0.4) is 0 Å².